The third-order valence-corrected chi connectivity index (χ3v) is 15.5. The number of ketones is 1. The standard InChI is InChI=1S/C55H83N9O7/c1-33(56-9)46(65)27-37(54(3,4)5)30-63-31-38(28-44(63)51(69)60-42-23-15-19-35-17-11-13-21-40(35)42)58-47(66)25-26-48(67)59-39-29-45(52(70)61-43-24-16-20-36-18-12-14-22-41(36)43)64(32-39)53(71)49(55(6,7)8)62-50(68)34(2)57-10/h11-14,17-18,21-22,33-34,37-39,42-45,49,56-57H,15-16,19-20,23-32H2,1-10H3,(H,58,66)(H,59,67)(H,60,69)(H,61,70)(H,62,68)/t33-,34-,37+,38-,39-,42+,43+,44-,45-,49+/m0/s1. The summed E-state index contributed by atoms with van der Waals surface area (Å²) in [5, 5.41) is 21.6. The van der Waals surface area contributed by atoms with Gasteiger partial charge in [0.1, 0.15) is 17.9 Å². The summed E-state index contributed by atoms with van der Waals surface area (Å²) in [5.74, 6) is -1.87. The normalized spacial score (nSPS) is 24.1. The fourth-order valence-corrected chi connectivity index (χ4v) is 10.8. The van der Waals surface area contributed by atoms with Crippen LogP contribution < -0.4 is 37.2 Å². The molecule has 6 amide bonds. The highest BCUT2D eigenvalue weighted by Crippen LogP contribution is 2.35. The van der Waals surface area contributed by atoms with Crippen LogP contribution in [0.2, 0.25) is 0 Å². The van der Waals surface area contributed by atoms with Crippen molar-refractivity contribution >= 4 is 41.2 Å². The lowest BCUT2D eigenvalue weighted by Gasteiger charge is -2.36. The maximum Gasteiger partial charge on any atom is 0.246 e. The van der Waals surface area contributed by atoms with Gasteiger partial charge in [0.2, 0.25) is 35.4 Å². The maximum atomic E-state index is 14.6. The Morgan fingerprint density at radius 3 is 1.63 bits per heavy atom. The highest BCUT2D eigenvalue weighted by atomic mass is 16.2. The third kappa shape index (κ3) is 14.3. The van der Waals surface area contributed by atoms with Crippen molar-refractivity contribution in [1.29, 1.82) is 0 Å². The minimum absolute atomic E-state index is 0.0446. The fraction of sp³-hybridized carbons (Fsp3) is 0.655. The van der Waals surface area contributed by atoms with E-state index in [1.165, 1.54) is 16.0 Å². The zero-order chi connectivity index (χ0) is 51.8. The number of carbonyl (C=O) groups excluding carboxylic acids is 7. The zero-order valence-corrected chi connectivity index (χ0v) is 44.0. The van der Waals surface area contributed by atoms with Gasteiger partial charge >= 0.3 is 0 Å². The Labute approximate surface area is 422 Å². The van der Waals surface area contributed by atoms with Crippen LogP contribution in [-0.2, 0) is 46.4 Å². The van der Waals surface area contributed by atoms with Crippen LogP contribution in [0.5, 0.6) is 0 Å². The van der Waals surface area contributed by atoms with Gasteiger partial charge in [-0.05, 0) is 118 Å². The fourth-order valence-electron chi connectivity index (χ4n) is 10.8. The van der Waals surface area contributed by atoms with Gasteiger partial charge < -0.3 is 42.1 Å². The lowest BCUT2D eigenvalue weighted by Crippen LogP contribution is -2.59. The second-order valence-corrected chi connectivity index (χ2v) is 22.8. The number of fused-ring (bicyclic) bond motifs is 2. The zero-order valence-electron chi connectivity index (χ0n) is 44.0. The molecule has 2 aliphatic carbocycles. The summed E-state index contributed by atoms with van der Waals surface area (Å²) in [7, 11) is 3.44. The van der Waals surface area contributed by atoms with Gasteiger partial charge in [0, 0.05) is 51.0 Å². The van der Waals surface area contributed by atoms with Crippen LogP contribution in [0.15, 0.2) is 48.5 Å². The Balaban J connectivity index is 1.12. The van der Waals surface area contributed by atoms with E-state index >= 15 is 0 Å². The van der Waals surface area contributed by atoms with Crippen LogP contribution in [-0.4, -0.2) is 127 Å². The van der Waals surface area contributed by atoms with Crippen molar-refractivity contribution < 1.29 is 33.6 Å². The monoisotopic (exact) mass is 982 g/mol. The summed E-state index contributed by atoms with van der Waals surface area (Å²) in [4.78, 5) is 101. The van der Waals surface area contributed by atoms with Crippen molar-refractivity contribution in [2.24, 2.45) is 16.7 Å². The number of nitrogens with one attached hydrogen (secondary N) is 7. The number of aryl methyl sites for hydroxylation is 2. The average Bonchev–Trinajstić information content (AvgIpc) is 3.94. The maximum absolute atomic E-state index is 14.6. The number of hydrogen-bond donors (Lipinski definition) is 7. The molecule has 71 heavy (non-hydrogen) atoms. The van der Waals surface area contributed by atoms with Gasteiger partial charge in [-0.25, -0.2) is 0 Å². The predicted molar refractivity (Wildman–Crippen MR) is 275 cm³/mol. The molecule has 0 spiro atoms. The molecule has 2 saturated heterocycles. The number of benzene rings is 2. The molecule has 10 atom stereocenters. The van der Waals surface area contributed by atoms with Crippen molar-refractivity contribution in [2.45, 2.75) is 180 Å². The average molecular weight is 982 g/mol. The van der Waals surface area contributed by atoms with Gasteiger partial charge in [-0.2, -0.15) is 0 Å². The molecule has 0 aromatic heterocycles. The summed E-state index contributed by atoms with van der Waals surface area (Å²) >= 11 is 0. The topological polar surface area (TPSA) is 210 Å². The number of carbonyl (C=O) groups is 7. The number of likely N-dealkylation sites (N-methyl/N-ethyl adjacent to an activating group) is 2. The van der Waals surface area contributed by atoms with E-state index < -0.39 is 47.4 Å². The number of Topliss-reactive ketones (excluding diaryl/α,β-unsaturated/α-hetero) is 1. The first kappa shape index (κ1) is 55.1. The van der Waals surface area contributed by atoms with Crippen molar-refractivity contribution in [3.8, 4) is 0 Å². The number of amides is 6. The largest absolute Gasteiger partial charge is 0.352 e. The van der Waals surface area contributed by atoms with E-state index in [1.54, 1.807) is 21.0 Å². The second kappa shape index (κ2) is 24.0. The number of likely N-dealkylation sites (tertiary alicyclic amines) is 2. The third-order valence-electron chi connectivity index (χ3n) is 15.5. The molecular formula is C55H83N9O7. The van der Waals surface area contributed by atoms with E-state index in [9.17, 15) is 33.6 Å². The molecular weight excluding hydrogens is 899 g/mol. The smallest absolute Gasteiger partial charge is 0.246 e. The predicted octanol–water partition coefficient (Wildman–Crippen LogP) is 4.17. The first-order valence-electron chi connectivity index (χ1n) is 26.1. The molecule has 2 fully saturated rings. The Bertz CT molecular complexity index is 2240. The Morgan fingerprint density at radius 2 is 1.13 bits per heavy atom. The summed E-state index contributed by atoms with van der Waals surface area (Å²) in [5.41, 5.74) is 3.66. The van der Waals surface area contributed by atoms with E-state index in [0.29, 0.717) is 25.9 Å². The van der Waals surface area contributed by atoms with Gasteiger partial charge in [-0.1, -0.05) is 90.1 Å². The first-order valence-corrected chi connectivity index (χ1v) is 26.1. The molecule has 0 unspecified atom stereocenters. The van der Waals surface area contributed by atoms with Crippen LogP contribution in [0.4, 0.5) is 0 Å². The van der Waals surface area contributed by atoms with Crippen molar-refractivity contribution in [2.75, 3.05) is 33.7 Å². The van der Waals surface area contributed by atoms with Gasteiger partial charge in [-0.15, -0.1) is 0 Å². The van der Waals surface area contributed by atoms with Crippen molar-refractivity contribution in [1.82, 2.24) is 47.0 Å². The number of nitrogens with zero attached hydrogens (tertiary/aromatic N) is 2. The molecule has 2 heterocycles. The molecule has 0 radical (unpaired) electrons. The molecule has 16 heteroatoms. The van der Waals surface area contributed by atoms with Crippen LogP contribution in [0.3, 0.4) is 0 Å². The molecule has 7 N–H and O–H groups in total. The summed E-state index contributed by atoms with van der Waals surface area (Å²) < 4.78 is 0. The Kier molecular flexibility index (Phi) is 18.7. The molecule has 4 aliphatic rings. The number of hydrogen-bond acceptors (Lipinski definition) is 10. The summed E-state index contributed by atoms with van der Waals surface area (Å²) in [6, 6.07) is 11.7. The Morgan fingerprint density at radius 1 is 0.634 bits per heavy atom. The number of rotatable bonds is 19. The lowest BCUT2D eigenvalue weighted by atomic mass is 9.76. The SMILES string of the molecule is CN[C@@H](C)C(=O)C[C@H](CN1C[C@@H](NC(=O)CCC(=O)N[C@H]2C[C@@H](C(=O)N[C@@H]3CCCc4ccccc43)N(C(=O)[C@@H](NC(=O)[C@H](C)NC)C(C)(C)C)C2)C[C@H]1C(=O)N[C@@H]1CCCc2ccccc21)C(C)(C)C. The van der Waals surface area contributed by atoms with E-state index in [2.05, 4.69) is 81.1 Å². The minimum atomic E-state index is -0.959. The van der Waals surface area contributed by atoms with E-state index in [-0.39, 0.29) is 90.7 Å². The lowest BCUT2D eigenvalue weighted by molar-refractivity contribution is -0.144. The van der Waals surface area contributed by atoms with Crippen molar-refractivity contribution in [3.63, 3.8) is 0 Å². The molecule has 2 aromatic rings. The van der Waals surface area contributed by atoms with Gasteiger partial charge in [0.05, 0.1) is 30.2 Å². The van der Waals surface area contributed by atoms with Crippen LogP contribution in [0, 0.1) is 16.7 Å². The molecule has 0 bridgehead atoms. The molecule has 390 valence electrons. The minimum Gasteiger partial charge on any atom is -0.352 e. The van der Waals surface area contributed by atoms with Crippen molar-refractivity contribution in [3.05, 3.63) is 70.8 Å². The molecule has 2 aliphatic heterocycles. The van der Waals surface area contributed by atoms with Gasteiger partial charge in [-0.3, -0.25) is 38.5 Å². The molecule has 0 saturated carbocycles. The quantitative estimate of drug-likeness (QED) is 0.107. The van der Waals surface area contributed by atoms with Crippen LogP contribution in [0.25, 0.3) is 0 Å². The molecule has 2 aromatic carbocycles. The van der Waals surface area contributed by atoms with E-state index in [1.807, 2.05) is 58.0 Å². The second-order valence-electron chi connectivity index (χ2n) is 22.8. The first-order chi connectivity index (χ1) is 33.6. The molecule has 6 rings (SSSR count). The van der Waals surface area contributed by atoms with E-state index in [0.717, 1.165) is 49.7 Å². The summed E-state index contributed by atoms with van der Waals surface area (Å²) in [6.45, 7) is 16.4. The highest BCUT2D eigenvalue weighted by Gasteiger charge is 2.47. The highest BCUT2D eigenvalue weighted by molar-refractivity contribution is 5.94. The van der Waals surface area contributed by atoms with Gasteiger partial charge in [0.15, 0.2) is 0 Å². The van der Waals surface area contributed by atoms with Gasteiger partial charge in [0.25, 0.3) is 0 Å². The Hall–Kier alpha value is -5.19. The van der Waals surface area contributed by atoms with E-state index in [4.69, 9.17) is 0 Å². The van der Waals surface area contributed by atoms with Crippen LogP contribution in [0.1, 0.15) is 148 Å². The summed E-state index contributed by atoms with van der Waals surface area (Å²) in [6.07, 6.45) is 6.00. The van der Waals surface area contributed by atoms with Crippen LogP contribution >= 0.6 is 0 Å². The molecule has 16 nitrogen and oxygen atoms in total.